The molecule has 7 nitrogen and oxygen atoms in total. The number of nitrogens with one attached hydrogen (secondary N) is 1. The van der Waals surface area contributed by atoms with Gasteiger partial charge >= 0.3 is 0 Å². The lowest BCUT2D eigenvalue weighted by molar-refractivity contribution is -0.122. The number of amides is 2. The fourth-order valence-corrected chi connectivity index (χ4v) is 2.44. The first-order chi connectivity index (χ1) is 12.6. The molecule has 7 heteroatoms. The molecule has 3 aromatic rings. The normalized spacial score (nSPS) is 10.3. The minimum Gasteiger partial charge on any atom is -0.350 e. The van der Waals surface area contributed by atoms with E-state index in [2.05, 4.69) is 15.4 Å². The van der Waals surface area contributed by atoms with Crippen molar-refractivity contribution < 1.29 is 9.59 Å². The predicted octanol–water partition coefficient (Wildman–Crippen LogP) is 1.87. The monoisotopic (exact) mass is 349 g/mol. The third-order valence-electron chi connectivity index (χ3n) is 3.91. The first kappa shape index (κ1) is 17.3. The third-order valence-corrected chi connectivity index (χ3v) is 3.91. The fourth-order valence-electron chi connectivity index (χ4n) is 2.44. The van der Waals surface area contributed by atoms with Crippen molar-refractivity contribution in [2.24, 2.45) is 0 Å². The predicted molar refractivity (Wildman–Crippen MR) is 97.5 cm³/mol. The Balaban J connectivity index is 1.56. The van der Waals surface area contributed by atoms with Gasteiger partial charge in [0.25, 0.3) is 5.91 Å². The van der Waals surface area contributed by atoms with Gasteiger partial charge in [0, 0.05) is 49.6 Å². The van der Waals surface area contributed by atoms with E-state index in [4.69, 9.17) is 0 Å². The largest absolute Gasteiger partial charge is 0.350 e. The number of anilines is 1. The maximum absolute atomic E-state index is 12.4. The zero-order valence-electron chi connectivity index (χ0n) is 14.4. The highest BCUT2D eigenvalue weighted by Gasteiger charge is 2.13. The molecule has 0 unspecified atom stereocenters. The van der Waals surface area contributed by atoms with E-state index in [9.17, 15) is 9.59 Å². The molecule has 1 N–H and O–H groups in total. The average Bonchev–Trinajstić information content (AvgIpc) is 3.19. The number of benzene rings is 1. The van der Waals surface area contributed by atoms with Crippen LogP contribution in [0.4, 0.5) is 5.69 Å². The van der Waals surface area contributed by atoms with Gasteiger partial charge in [0.15, 0.2) is 0 Å². The van der Waals surface area contributed by atoms with Gasteiger partial charge in [-0.1, -0.05) is 12.1 Å². The lowest BCUT2D eigenvalue weighted by Crippen LogP contribution is -2.27. The van der Waals surface area contributed by atoms with Gasteiger partial charge in [0.2, 0.25) is 5.91 Å². The van der Waals surface area contributed by atoms with E-state index in [1.54, 1.807) is 59.6 Å². The summed E-state index contributed by atoms with van der Waals surface area (Å²) in [6, 6.07) is 12.6. The highest BCUT2D eigenvalue weighted by atomic mass is 16.2. The molecule has 132 valence electrons. The number of carbonyl (C=O) groups is 2. The SMILES string of the molecule is CN(C(=O)c1ccncc1)c1ccc(CNC(=O)Cn2cccn2)cc1. The quantitative estimate of drug-likeness (QED) is 0.737. The van der Waals surface area contributed by atoms with E-state index in [-0.39, 0.29) is 18.4 Å². The second kappa shape index (κ2) is 8.06. The van der Waals surface area contributed by atoms with Crippen molar-refractivity contribution in [2.75, 3.05) is 11.9 Å². The number of carbonyl (C=O) groups excluding carboxylic acids is 2. The minimum atomic E-state index is -0.109. The molecule has 1 aromatic carbocycles. The average molecular weight is 349 g/mol. The van der Waals surface area contributed by atoms with Crippen LogP contribution in [0.15, 0.2) is 67.3 Å². The van der Waals surface area contributed by atoms with E-state index in [0.717, 1.165) is 11.3 Å². The van der Waals surface area contributed by atoms with E-state index >= 15 is 0 Å². The first-order valence-corrected chi connectivity index (χ1v) is 8.14. The summed E-state index contributed by atoms with van der Waals surface area (Å²) >= 11 is 0. The van der Waals surface area contributed by atoms with Crippen LogP contribution in [-0.4, -0.2) is 33.6 Å². The van der Waals surface area contributed by atoms with Gasteiger partial charge in [-0.3, -0.25) is 19.3 Å². The summed E-state index contributed by atoms with van der Waals surface area (Å²) in [4.78, 5) is 29.8. The van der Waals surface area contributed by atoms with Crippen LogP contribution in [0, 0.1) is 0 Å². The number of rotatable bonds is 6. The summed E-state index contributed by atoms with van der Waals surface area (Å²) in [7, 11) is 1.73. The molecule has 0 radical (unpaired) electrons. The second-order valence-electron chi connectivity index (χ2n) is 5.75. The Kier molecular flexibility index (Phi) is 5.38. The lowest BCUT2D eigenvalue weighted by Gasteiger charge is -2.17. The van der Waals surface area contributed by atoms with Crippen molar-refractivity contribution in [3.05, 3.63) is 78.4 Å². The molecule has 0 aliphatic carbocycles. The van der Waals surface area contributed by atoms with E-state index in [1.165, 1.54) is 0 Å². The molecule has 2 heterocycles. The van der Waals surface area contributed by atoms with E-state index in [1.807, 2.05) is 24.3 Å². The van der Waals surface area contributed by atoms with Gasteiger partial charge in [-0.2, -0.15) is 5.10 Å². The summed E-state index contributed by atoms with van der Waals surface area (Å²) in [5, 5.41) is 6.85. The second-order valence-corrected chi connectivity index (χ2v) is 5.75. The van der Waals surface area contributed by atoms with E-state index < -0.39 is 0 Å². The highest BCUT2D eigenvalue weighted by molar-refractivity contribution is 6.05. The molecule has 0 aliphatic rings. The summed E-state index contributed by atoms with van der Waals surface area (Å²) in [6.45, 7) is 0.608. The van der Waals surface area contributed by atoms with Crippen LogP contribution in [0.25, 0.3) is 0 Å². The van der Waals surface area contributed by atoms with E-state index in [0.29, 0.717) is 12.1 Å². The molecular formula is C19H19N5O2. The van der Waals surface area contributed by atoms with Crippen LogP contribution < -0.4 is 10.2 Å². The minimum absolute atomic E-state index is 0.104. The zero-order valence-corrected chi connectivity index (χ0v) is 14.4. The fraction of sp³-hybridized carbons (Fsp3) is 0.158. The van der Waals surface area contributed by atoms with Crippen molar-refractivity contribution in [3.63, 3.8) is 0 Å². The van der Waals surface area contributed by atoms with Crippen LogP contribution in [-0.2, 0) is 17.9 Å². The first-order valence-electron chi connectivity index (χ1n) is 8.14. The molecule has 0 bridgehead atoms. The molecule has 3 rings (SSSR count). The van der Waals surface area contributed by atoms with Crippen molar-refractivity contribution in [1.82, 2.24) is 20.1 Å². The van der Waals surface area contributed by atoms with Gasteiger partial charge in [0.1, 0.15) is 6.54 Å². The topological polar surface area (TPSA) is 80.1 Å². The number of hydrogen-bond donors (Lipinski definition) is 1. The molecule has 2 aromatic heterocycles. The maximum atomic E-state index is 12.4. The Morgan fingerprint density at radius 3 is 2.46 bits per heavy atom. The van der Waals surface area contributed by atoms with Crippen molar-refractivity contribution >= 4 is 17.5 Å². The van der Waals surface area contributed by atoms with Crippen LogP contribution >= 0.6 is 0 Å². The van der Waals surface area contributed by atoms with Crippen molar-refractivity contribution in [1.29, 1.82) is 0 Å². The van der Waals surface area contributed by atoms with Crippen LogP contribution in [0.3, 0.4) is 0 Å². The summed E-state index contributed by atoms with van der Waals surface area (Å²) < 4.78 is 1.57. The number of hydrogen-bond acceptors (Lipinski definition) is 4. The molecule has 0 spiro atoms. The van der Waals surface area contributed by atoms with Gasteiger partial charge < -0.3 is 10.2 Å². The Labute approximate surface area is 151 Å². The maximum Gasteiger partial charge on any atom is 0.258 e. The molecule has 0 saturated carbocycles. The standard InChI is InChI=1S/C19H19N5O2/c1-23(19(26)16-7-10-20-11-8-16)17-5-3-15(4-6-17)13-21-18(25)14-24-12-2-9-22-24/h2-12H,13-14H2,1H3,(H,21,25). The molecule has 0 saturated heterocycles. The van der Waals surface area contributed by atoms with Crippen LogP contribution in [0.5, 0.6) is 0 Å². The van der Waals surface area contributed by atoms with Gasteiger partial charge in [0.05, 0.1) is 0 Å². The van der Waals surface area contributed by atoms with Crippen molar-refractivity contribution in [2.45, 2.75) is 13.1 Å². The highest BCUT2D eigenvalue weighted by Crippen LogP contribution is 2.16. The Morgan fingerprint density at radius 1 is 1.08 bits per heavy atom. The summed E-state index contributed by atoms with van der Waals surface area (Å²) in [6.07, 6.45) is 6.56. The van der Waals surface area contributed by atoms with Gasteiger partial charge in [-0.25, -0.2) is 0 Å². The van der Waals surface area contributed by atoms with Crippen molar-refractivity contribution in [3.8, 4) is 0 Å². The van der Waals surface area contributed by atoms with Gasteiger partial charge in [-0.15, -0.1) is 0 Å². The number of aromatic nitrogens is 3. The van der Waals surface area contributed by atoms with Crippen LogP contribution in [0.2, 0.25) is 0 Å². The summed E-state index contributed by atoms with van der Waals surface area (Å²) in [5.41, 5.74) is 2.31. The molecule has 0 atom stereocenters. The molecular weight excluding hydrogens is 330 g/mol. The Morgan fingerprint density at radius 2 is 1.81 bits per heavy atom. The Bertz CT molecular complexity index is 861. The number of nitrogens with zero attached hydrogens (tertiary/aromatic N) is 4. The summed E-state index contributed by atoms with van der Waals surface area (Å²) in [5.74, 6) is -0.213. The lowest BCUT2D eigenvalue weighted by atomic mass is 10.1. The van der Waals surface area contributed by atoms with Crippen LogP contribution in [0.1, 0.15) is 15.9 Å². The molecule has 2 amide bonds. The molecule has 0 aliphatic heterocycles. The number of pyridine rings is 1. The molecule has 26 heavy (non-hydrogen) atoms. The Hall–Kier alpha value is -3.48. The molecule has 0 fully saturated rings. The zero-order chi connectivity index (χ0) is 18.4. The third kappa shape index (κ3) is 4.32. The smallest absolute Gasteiger partial charge is 0.258 e. The van der Waals surface area contributed by atoms with Gasteiger partial charge in [-0.05, 0) is 35.9 Å².